The second-order valence-electron chi connectivity index (χ2n) is 2.42. The van der Waals surface area contributed by atoms with Crippen LogP contribution in [0.3, 0.4) is 0 Å². The van der Waals surface area contributed by atoms with Crippen molar-refractivity contribution in [2.45, 2.75) is 18.9 Å². The van der Waals surface area contributed by atoms with Gasteiger partial charge in [0.2, 0.25) is 0 Å². The molecule has 1 atom stereocenters. The van der Waals surface area contributed by atoms with Crippen LogP contribution in [0.25, 0.3) is 0 Å². The number of esters is 1. The van der Waals surface area contributed by atoms with Crippen molar-refractivity contribution in [1.29, 1.82) is 0 Å². The Bertz CT molecular complexity index is 182. The first-order chi connectivity index (χ1) is 6.07. The third kappa shape index (κ3) is 6.06. The van der Waals surface area contributed by atoms with Gasteiger partial charge in [0.1, 0.15) is 0 Å². The lowest BCUT2D eigenvalue weighted by molar-refractivity contribution is -0.155. The van der Waals surface area contributed by atoms with Crippen molar-refractivity contribution in [2.75, 3.05) is 13.2 Å². The number of carboxylic acids is 1. The molecule has 0 rings (SSSR count). The van der Waals surface area contributed by atoms with Crippen molar-refractivity contribution in [1.82, 2.24) is 0 Å². The summed E-state index contributed by atoms with van der Waals surface area (Å²) >= 11 is 0. The number of aliphatic hydroxyl groups excluding tert-OH is 1. The third-order valence-electron chi connectivity index (χ3n) is 1.26. The van der Waals surface area contributed by atoms with Gasteiger partial charge in [-0.2, -0.15) is 0 Å². The second kappa shape index (κ2) is 6.38. The summed E-state index contributed by atoms with van der Waals surface area (Å²) in [4.78, 5) is 20.8. The van der Waals surface area contributed by atoms with E-state index in [-0.39, 0.29) is 6.61 Å². The van der Waals surface area contributed by atoms with Crippen LogP contribution in [0.5, 0.6) is 0 Å². The number of carbonyl (C=O) groups excluding carboxylic acids is 1. The Morgan fingerprint density at radius 3 is 2.54 bits per heavy atom. The monoisotopic (exact) mass is 191 g/mol. The molecule has 0 aromatic carbocycles. The second-order valence-corrected chi connectivity index (χ2v) is 2.42. The lowest BCUT2D eigenvalue weighted by Gasteiger charge is -2.05. The molecule has 0 aliphatic carbocycles. The van der Waals surface area contributed by atoms with Crippen molar-refractivity contribution < 1.29 is 24.5 Å². The van der Waals surface area contributed by atoms with Crippen LogP contribution in [0, 0.1) is 0 Å². The quantitative estimate of drug-likeness (QED) is 0.356. The molecule has 0 saturated carbocycles. The molecule has 0 aliphatic rings. The van der Waals surface area contributed by atoms with E-state index in [0.717, 1.165) is 0 Å². The zero-order valence-electron chi connectivity index (χ0n) is 7.10. The summed E-state index contributed by atoms with van der Waals surface area (Å²) in [5.74, 6) is -2.17. The van der Waals surface area contributed by atoms with Gasteiger partial charge in [-0.25, -0.2) is 4.79 Å². The van der Waals surface area contributed by atoms with E-state index in [1.54, 1.807) is 0 Å². The van der Waals surface area contributed by atoms with Crippen LogP contribution in [0.15, 0.2) is 0 Å². The molecule has 4 N–H and O–H groups in total. The maximum absolute atomic E-state index is 10.7. The zero-order chi connectivity index (χ0) is 10.3. The minimum absolute atomic E-state index is 0.154. The number of hydrogen-bond donors (Lipinski definition) is 3. The highest BCUT2D eigenvalue weighted by molar-refractivity contribution is 5.80. The average Bonchev–Trinajstić information content (AvgIpc) is 2.04. The van der Waals surface area contributed by atoms with Crippen molar-refractivity contribution in [3.63, 3.8) is 0 Å². The number of carbonyl (C=O) groups is 2. The SMILES string of the molecule is NCCCOC(=O)CC(O)C(=O)O. The molecule has 0 bridgehead atoms. The molecule has 0 amide bonds. The van der Waals surface area contributed by atoms with Gasteiger partial charge in [-0.15, -0.1) is 0 Å². The van der Waals surface area contributed by atoms with Crippen LogP contribution >= 0.6 is 0 Å². The fraction of sp³-hybridized carbons (Fsp3) is 0.714. The Morgan fingerprint density at radius 2 is 2.08 bits per heavy atom. The molecule has 1 unspecified atom stereocenters. The molecule has 0 spiro atoms. The predicted octanol–water partition coefficient (Wildman–Crippen LogP) is -1.29. The molecule has 0 heterocycles. The summed E-state index contributed by atoms with van der Waals surface area (Å²) in [6, 6.07) is 0. The van der Waals surface area contributed by atoms with Gasteiger partial charge in [0.05, 0.1) is 13.0 Å². The average molecular weight is 191 g/mol. The Kier molecular flexibility index (Phi) is 5.82. The molecule has 6 nitrogen and oxygen atoms in total. The van der Waals surface area contributed by atoms with Gasteiger partial charge in [-0.3, -0.25) is 4.79 Å². The Hall–Kier alpha value is -1.14. The molecular formula is C7H13NO5. The lowest BCUT2D eigenvalue weighted by Crippen LogP contribution is -2.24. The van der Waals surface area contributed by atoms with Gasteiger partial charge in [-0.1, -0.05) is 0 Å². The molecule has 0 saturated heterocycles. The highest BCUT2D eigenvalue weighted by Crippen LogP contribution is 1.95. The molecule has 76 valence electrons. The van der Waals surface area contributed by atoms with Crippen molar-refractivity contribution >= 4 is 11.9 Å². The molecule has 13 heavy (non-hydrogen) atoms. The lowest BCUT2D eigenvalue weighted by atomic mass is 10.2. The van der Waals surface area contributed by atoms with Crippen LogP contribution in [0.4, 0.5) is 0 Å². The number of aliphatic hydroxyl groups is 1. The third-order valence-corrected chi connectivity index (χ3v) is 1.26. The Balaban J connectivity index is 3.56. The van der Waals surface area contributed by atoms with Crippen LogP contribution < -0.4 is 5.73 Å². The van der Waals surface area contributed by atoms with E-state index in [4.69, 9.17) is 15.9 Å². The summed E-state index contributed by atoms with van der Waals surface area (Å²) in [7, 11) is 0. The molecular weight excluding hydrogens is 178 g/mol. The molecule has 0 aromatic rings. The summed E-state index contributed by atoms with van der Waals surface area (Å²) in [6.07, 6.45) is -1.69. The van der Waals surface area contributed by atoms with E-state index in [2.05, 4.69) is 4.74 Å². The number of carboxylic acid groups (broad SMARTS) is 1. The van der Waals surface area contributed by atoms with Gasteiger partial charge in [0.15, 0.2) is 6.10 Å². The molecule has 0 radical (unpaired) electrons. The van der Waals surface area contributed by atoms with E-state index < -0.39 is 24.5 Å². The van der Waals surface area contributed by atoms with Gasteiger partial charge in [0.25, 0.3) is 0 Å². The summed E-state index contributed by atoms with van der Waals surface area (Å²) < 4.78 is 4.56. The topological polar surface area (TPSA) is 110 Å². The number of ether oxygens (including phenoxy) is 1. The minimum atomic E-state index is -1.69. The summed E-state index contributed by atoms with van der Waals surface area (Å²) in [5, 5.41) is 17.0. The molecule has 0 fully saturated rings. The maximum Gasteiger partial charge on any atom is 0.333 e. The van der Waals surface area contributed by atoms with E-state index in [1.165, 1.54) is 0 Å². The normalized spacial score (nSPS) is 12.2. The van der Waals surface area contributed by atoms with E-state index >= 15 is 0 Å². The molecule has 0 aliphatic heterocycles. The van der Waals surface area contributed by atoms with Crippen LogP contribution in [0.1, 0.15) is 12.8 Å². The van der Waals surface area contributed by atoms with Crippen molar-refractivity contribution in [2.24, 2.45) is 5.73 Å². The van der Waals surface area contributed by atoms with Crippen LogP contribution in [-0.2, 0) is 14.3 Å². The van der Waals surface area contributed by atoms with Crippen molar-refractivity contribution in [3.05, 3.63) is 0 Å². The van der Waals surface area contributed by atoms with Crippen molar-refractivity contribution in [3.8, 4) is 0 Å². The smallest absolute Gasteiger partial charge is 0.333 e. The minimum Gasteiger partial charge on any atom is -0.479 e. The fourth-order valence-corrected chi connectivity index (χ4v) is 0.573. The van der Waals surface area contributed by atoms with Crippen LogP contribution in [0.2, 0.25) is 0 Å². The highest BCUT2D eigenvalue weighted by Gasteiger charge is 2.18. The van der Waals surface area contributed by atoms with E-state index in [9.17, 15) is 9.59 Å². The van der Waals surface area contributed by atoms with Crippen LogP contribution in [-0.4, -0.2) is 41.4 Å². The molecule has 0 aromatic heterocycles. The standard InChI is InChI=1S/C7H13NO5/c8-2-1-3-13-6(10)4-5(9)7(11)12/h5,9H,1-4,8H2,(H,11,12). The number of hydrogen-bond acceptors (Lipinski definition) is 5. The maximum atomic E-state index is 10.7. The first-order valence-corrected chi connectivity index (χ1v) is 3.84. The number of nitrogens with two attached hydrogens (primary N) is 1. The Morgan fingerprint density at radius 1 is 1.46 bits per heavy atom. The van der Waals surface area contributed by atoms with Gasteiger partial charge in [0, 0.05) is 0 Å². The summed E-state index contributed by atoms with van der Waals surface area (Å²) in [5.41, 5.74) is 5.13. The summed E-state index contributed by atoms with van der Waals surface area (Å²) in [6.45, 7) is 0.552. The highest BCUT2D eigenvalue weighted by atomic mass is 16.5. The molecule has 6 heteroatoms. The van der Waals surface area contributed by atoms with E-state index in [0.29, 0.717) is 13.0 Å². The number of rotatable bonds is 6. The first kappa shape index (κ1) is 11.9. The van der Waals surface area contributed by atoms with Gasteiger partial charge < -0.3 is 20.7 Å². The van der Waals surface area contributed by atoms with Gasteiger partial charge >= 0.3 is 11.9 Å². The fourth-order valence-electron chi connectivity index (χ4n) is 0.573. The Labute approximate surface area is 75.3 Å². The first-order valence-electron chi connectivity index (χ1n) is 3.84. The van der Waals surface area contributed by atoms with E-state index in [1.807, 2.05) is 0 Å². The van der Waals surface area contributed by atoms with Gasteiger partial charge in [-0.05, 0) is 13.0 Å². The zero-order valence-corrected chi connectivity index (χ0v) is 7.10. The number of aliphatic carboxylic acids is 1. The predicted molar refractivity (Wildman–Crippen MR) is 42.9 cm³/mol. The largest absolute Gasteiger partial charge is 0.479 e.